The van der Waals surface area contributed by atoms with Gasteiger partial charge in [-0.15, -0.1) is 5.10 Å². The van der Waals surface area contributed by atoms with Crippen LogP contribution in [0.1, 0.15) is 22.8 Å². The molecule has 2 heterocycles. The molecule has 0 bridgehead atoms. The summed E-state index contributed by atoms with van der Waals surface area (Å²) in [5, 5.41) is 18.4. The van der Waals surface area contributed by atoms with Crippen molar-refractivity contribution in [1.29, 1.82) is 0 Å². The second-order valence-corrected chi connectivity index (χ2v) is 6.66. The summed E-state index contributed by atoms with van der Waals surface area (Å²) >= 11 is 7.93. The molecule has 0 aliphatic rings. The van der Waals surface area contributed by atoms with E-state index in [4.69, 9.17) is 16.3 Å². The van der Waals surface area contributed by atoms with Crippen molar-refractivity contribution in [3.63, 3.8) is 0 Å². The Balaban J connectivity index is 1.81. The number of aromatic nitrogens is 4. The lowest BCUT2D eigenvalue weighted by atomic mass is 10.1. The maximum Gasteiger partial charge on any atom is 0.255 e. The molecule has 25 heavy (non-hydrogen) atoms. The molecule has 3 rings (SSSR count). The van der Waals surface area contributed by atoms with E-state index in [2.05, 4.69) is 26.2 Å². The lowest BCUT2D eigenvalue weighted by molar-refractivity contribution is 0.0937. The van der Waals surface area contributed by atoms with Crippen molar-refractivity contribution in [2.45, 2.75) is 19.4 Å². The highest BCUT2D eigenvalue weighted by Crippen LogP contribution is 2.29. The van der Waals surface area contributed by atoms with E-state index in [1.807, 2.05) is 18.4 Å². The zero-order chi connectivity index (χ0) is 17.8. The Morgan fingerprint density at radius 2 is 2.32 bits per heavy atom. The first-order valence-corrected chi connectivity index (χ1v) is 8.83. The Labute approximate surface area is 153 Å². The lowest BCUT2D eigenvalue weighted by Gasteiger charge is -2.16. The normalized spacial score (nSPS) is 12.0. The van der Waals surface area contributed by atoms with Crippen molar-refractivity contribution in [1.82, 2.24) is 25.5 Å². The highest BCUT2D eigenvalue weighted by molar-refractivity contribution is 7.07. The molecule has 0 saturated heterocycles. The van der Waals surface area contributed by atoms with Gasteiger partial charge >= 0.3 is 0 Å². The maximum absolute atomic E-state index is 12.6. The molecule has 1 aromatic carbocycles. The van der Waals surface area contributed by atoms with Crippen LogP contribution >= 0.6 is 22.9 Å². The number of rotatable bonds is 6. The Morgan fingerprint density at radius 3 is 2.96 bits per heavy atom. The van der Waals surface area contributed by atoms with Crippen molar-refractivity contribution in [3.8, 4) is 11.4 Å². The zero-order valence-corrected chi connectivity index (χ0v) is 15.2. The molecule has 0 spiro atoms. The predicted octanol–water partition coefficient (Wildman–Crippen LogP) is 2.75. The number of nitrogens with one attached hydrogen (secondary N) is 1. The summed E-state index contributed by atoms with van der Waals surface area (Å²) in [5.74, 6) is 0.153. The van der Waals surface area contributed by atoms with Gasteiger partial charge in [-0.3, -0.25) is 4.79 Å². The van der Waals surface area contributed by atoms with Gasteiger partial charge < -0.3 is 10.1 Å². The molecule has 0 aliphatic heterocycles. The van der Waals surface area contributed by atoms with Gasteiger partial charge in [0.15, 0.2) is 0 Å². The monoisotopic (exact) mass is 377 g/mol. The van der Waals surface area contributed by atoms with Crippen LogP contribution in [0.15, 0.2) is 35.3 Å². The van der Waals surface area contributed by atoms with Gasteiger partial charge in [0.2, 0.25) is 0 Å². The summed E-state index contributed by atoms with van der Waals surface area (Å²) in [4.78, 5) is 12.6. The molecule has 130 valence electrons. The number of methoxy groups -OCH3 is 1. The number of hydrogen-bond donors (Lipinski definition) is 1. The van der Waals surface area contributed by atoms with E-state index < -0.39 is 0 Å². The summed E-state index contributed by atoms with van der Waals surface area (Å²) in [6.07, 6.45) is 2.18. The molecular weight excluding hydrogens is 362 g/mol. The van der Waals surface area contributed by atoms with Crippen molar-refractivity contribution in [2.75, 3.05) is 7.11 Å². The summed E-state index contributed by atoms with van der Waals surface area (Å²) < 4.78 is 6.76. The third-order valence-electron chi connectivity index (χ3n) is 3.61. The molecule has 0 saturated carbocycles. The standard InChI is InChI=1S/C16H16ClN5O2S/c1-10(5-11-3-4-25-8-11)19-16(23)12-6-13(17)14(7-15(12)24-2)22-9-18-20-21-22/h3-4,6-10H,5H2,1-2H3,(H,19,23). The topological polar surface area (TPSA) is 81.9 Å². The van der Waals surface area contributed by atoms with Gasteiger partial charge in [-0.05, 0) is 52.2 Å². The lowest BCUT2D eigenvalue weighted by Crippen LogP contribution is -2.34. The van der Waals surface area contributed by atoms with Crippen LogP contribution < -0.4 is 10.1 Å². The summed E-state index contributed by atoms with van der Waals surface area (Å²) in [6.45, 7) is 1.96. The third-order valence-corrected chi connectivity index (χ3v) is 4.64. The van der Waals surface area contributed by atoms with E-state index in [1.165, 1.54) is 23.7 Å². The molecule has 1 amide bonds. The highest BCUT2D eigenvalue weighted by atomic mass is 35.5. The second-order valence-electron chi connectivity index (χ2n) is 5.47. The number of tetrazole rings is 1. The fourth-order valence-electron chi connectivity index (χ4n) is 2.45. The molecule has 1 N–H and O–H groups in total. The third kappa shape index (κ3) is 3.97. The van der Waals surface area contributed by atoms with Gasteiger partial charge in [-0.25, -0.2) is 0 Å². The molecule has 9 heteroatoms. The average molecular weight is 378 g/mol. The average Bonchev–Trinajstić information content (AvgIpc) is 3.28. The van der Waals surface area contributed by atoms with Gasteiger partial charge in [0, 0.05) is 12.1 Å². The van der Waals surface area contributed by atoms with Gasteiger partial charge in [-0.2, -0.15) is 16.0 Å². The highest BCUT2D eigenvalue weighted by Gasteiger charge is 2.19. The van der Waals surface area contributed by atoms with Crippen molar-refractivity contribution in [3.05, 3.63) is 51.4 Å². The van der Waals surface area contributed by atoms with Crippen LogP contribution in [0.4, 0.5) is 0 Å². The second kappa shape index (κ2) is 7.62. The number of benzene rings is 1. The predicted molar refractivity (Wildman–Crippen MR) is 95.7 cm³/mol. The van der Waals surface area contributed by atoms with Gasteiger partial charge in [0.05, 0.1) is 23.4 Å². The van der Waals surface area contributed by atoms with Crippen LogP contribution in [0.2, 0.25) is 5.02 Å². The van der Waals surface area contributed by atoms with Gasteiger partial charge in [0.1, 0.15) is 12.1 Å². The maximum atomic E-state index is 12.6. The summed E-state index contributed by atoms with van der Waals surface area (Å²) in [7, 11) is 1.50. The molecule has 0 radical (unpaired) electrons. The fourth-order valence-corrected chi connectivity index (χ4v) is 3.38. The van der Waals surface area contributed by atoms with Gasteiger partial charge in [-0.1, -0.05) is 11.6 Å². The van der Waals surface area contributed by atoms with E-state index >= 15 is 0 Å². The van der Waals surface area contributed by atoms with Crippen molar-refractivity contribution >= 4 is 28.8 Å². The molecule has 1 unspecified atom stereocenters. The molecule has 2 aromatic heterocycles. The van der Waals surface area contributed by atoms with Crippen LogP contribution in [-0.2, 0) is 6.42 Å². The van der Waals surface area contributed by atoms with E-state index in [0.29, 0.717) is 22.0 Å². The zero-order valence-electron chi connectivity index (χ0n) is 13.6. The van der Waals surface area contributed by atoms with Crippen LogP contribution in [0, 0.1) is 0 Å². The number of carbonyl (C=O) groups is 1. The molecule has 7 nitrogen and oxygen atoms in total. The number of carbonyl (C=O) groups excluding carboxylic acids is 1. The number of hydrogen-bond acceptors (Lipinski definition) is 6. The van der Waals surface area contributed by atoms with Crippen LogP contribution in [0.5, 0.6) is 5.75 Å². The first-order valence-electron chi connectivity index (χ1n) is 7.51. The van der Waals surface area contributed by atoms with E-state index in [-0.39, 0.29) is 11.9 Å². The van der Waals surface area contributed by atoms with Crippen molar-refractivity contribution < 1.29 is 9.53 Å². The summed E-state index contributed by atoms with van der Waals surface area (Å²) in [5.41, 5.74) is 2.09. The van der Waals surface area contributed by atoms with E-state index in [0.717, 1.165) is 6.42 Å². The van der Waals surface area contributed by atoms with E-state index in [1.54, 1.807) is 23.5 Å². The number of thiophene rings is 1. The first-order chi connectivity index (χ1) is 12.1. The fraction of sp³-hybridized carbons (Fsp3) is 0.250. The number of amides is 1. The minimum atomic E-state index is -0.246. The quantitative estimate of drug-likeness (QED) is 0.714. The Bertz CT molecular complexity index is 852. The molecular formula is C16H16ClN5O2S. The number of nitrogens with zero attached hydrogens (tertiary/aromatic N) is 4. The Morgan fingerprint density at radius 1 is 1.48 bits per heavy atom. The Kier molecular flexibility index (Phi) is 5.30. The summed E-state index contributed by atoms with van der Waals surface area (Å²) in [6, 6.07) is 5.22. The molecule has 3 aromatic rings. The van der Waals surface area contributed by atoms with E-state index in [9.17, 15) is 4.79 Å². The number of halogens is 1. The van der Waals surface area contributed by atoms with Crippen LogP contribution in [-0.4, -0.2) is 39.3 Å². The number of ether oxygens (including phenoxy) is 1. The minimum absolute atomic E-state index is 0.0234. The van der Waals surface area contributed by atoms with Crippen LogP contribution in [0.25, 0.3) is 5.69 Å². The minimum Gasteiger partial charge on any atom is -0.496 e. The molecule has 1 atom stereocenters. The first kappa shape index (κ1) is 17.4. The largest absolute Gasteiger partial charge is 0.496 e. The SMILES string of the molecule is COc1cc(-n2cnnn2)c(Cl)cc1C(=O)NC(C)Cc1ccsc1. The van der Waals surface area contributed by atoms with Gasteiger partial charge in [0.25, 0.3) is 5.91 Å². The molecule has 0 fully saturated rings. The molecule has 0 aliphatic carbocycles. The Hall–Kier alpha value is -2.45. The smallest absolute Gasteiger partial charge is 0.255 e. The van der Waals surface area contributed by atoms with Crippen molar-refractivity contribution in [2.24, 2.45) is 0 Å². The van der Waals surface area contributed by atoms with Crippen LogP contribution in [0.3, 0.4) is 0 Å².